The molecule has 0 aliphatic carbocycles. The highest BCUT2D eigenvalue weighted by Gasteiger charge is 2.34. The van der Waals surface area contributed by atoms with Gasteiger partial charge in [0.2, 0.25) is 0 Å². The fourth-order valence-electron chi connectivity index (χ4n) is 2.97. The standard InChI is InChI=1S/C17H18Cl2N2O3S/c1-23-15(22)13-14(19)21-16(25-13)20-10-17(6-8-24-9-7-17)11-2-4-12(18)5-3-11/h2-5H,6-10H2,1H3,(H,20,21). The number of ether oxygens (including phenoxy) is 2. The monoisotopic (exact) mass is 400 g/mol. The summed E-state index contributed by atoms with van der Waals surface area (Å²) in [6.07, 6.45) is 1.79. The van der Waals surface area contributed by atoms with E-state index in [-0.39, 0.29) is 10.6 Å². The summed E-state index contributed by atoms with van der Waals surface area (Å²) in [7, 11) is 1.32. The van der Waals surface area contributed by atoms with Crippen molar-refractivity contribution in [3.63, 3.8) is 0 Å². The lowest BCUT2D eigenvalue weighted by Crippen LogP contribution is -2.40. The van der Waals surface area contributed by atoms with Crippen molar-refractivity contribution in [3.8, 4) is 0 Å². The van der Waals surface area contributed by atoms with Crippen molar-refractivity contribution in [2.24, 2.45) is 0 Å². The third-order valence-electron chi connectivity index (χ3n) is 4.44. The number of aromatic nitrogens is 1. The third-order valence-corrected chi connectivity index (χ3v) is 6.07. The second-order valence-electron chi connectivity index (χ2n) is 5.88. The van der Waals surface area contributed by atoms with Crippen LogP contribution in [0.5, 0.6) is 0 Å². The maximum absolute atomic E-state index is 11.7. The lowest BCUT2D eigenvalue weighted by Gasteiger charge is -2.38. The predicted octanol–water partition coefficient (Wildman–Crippen LogP) is 4.40. The molecule has 0 bridgehead atoms. The maximum Gasteiger partial charge on any atom is 0.351 e. The van der Waals surface area contributed by atoms with E-state index in [0.717, 1.165) is 12.8 Å². The normalized spacial score (nSPS) is 16.4. The van der Waals surface area contributed by atoms with Crippen LogP contribution in [0.1, 0.15) is 28.1 Å². The van der Waals surface area contributed by atoms with Crippen molar-refractivity contribution >= 4 is 45.6 Å². The van der Waals surface area contributed by atoms with Crippen LogP contribution in [-0.2, 0) is 14.9 Å². The Kier molecular flexibility index (Phi) is 5.84. The van der Waals surface area contributed by atoms with Gasteiger partial charge in [-0.25, -0.2) is 9.78 Å². The van der Waals surface area contributed by atoms with E-state index in [1.807, 2.05) is 12.1 Å². The molecule has 1 aromatic heterocycles. The molecule has 2 aromatic rings. The largest absolute Gasteiger partial charge is 0.465 e. The average molecular weight is 401 g/mol. The second-order valence-corrected chi connectivity index (χ2v) is 7.68. The van der Waals surface area contributed by atoms with Gasteiger partial charge in [-0.05, 0) is 30.5 Å². The molecule has 0 radical (unpaired) electrons. The highest BCUT2D eigenvalue weighted by atomic mass is 35.5. The van der Waals surface area contributed by atoms with Crippen molar-refractivity contribution in [2.75, 3.05) is 32.2 Å². The zero-order valence-electron chi connectivity index (χ0n) is 13.7. The van der Waals surface area contributed by atoms with Crippen LogP contribution < -0.4 is 5.32 Å². The Hall–Kier alpha value is -1.34. The highest BCUT2D eigenvalue weighted by molar-refractivity contribution is 7.18. The van der Waals surface area contributed by atoms with Crippen molar-refractivity contribution < 1.29 is 14.3 Å². The van der Waals surface area contributed by atoms with Crippen LogP contribution in [0.3, 0.4) is 0 Å². The summed E-state index contributed by atoms with van der Waals surface area (Å²) in [5.41, 5.74) is 1.13. The van der Waals surface area contributed by atoms with Crippen LogP contribution in [0, 0.1) is 0 Å². The molecule has 0 atom stereocenters. The molecule has 1 fully saturated rings. The number of hydrogen-bond acceptors (Lipinski definition) is 6. The first kappa shape index (κ1) is 18.5. The third kappa shape index (κ3) is 4.08. The Labute approximate surface area is 160 Å². The van der Waals surface area contributed by atoms with Crippen LogP contribution in [0.2, 0.25) is 10.2 Å². The van der Waals surface area contributed by atoms with Gasteiger partial charge in [0.05, 0.1) is 7.11 Å². The molecule has 0 saturated carbocycles. The van der Waals surface area contributed by atoms with Crippen LogP contribution >= 0.6 is 34.5 Å². The van der Waals surface area contributed by atoms with Gasteiger partial charge in [0.25, 0.3) is 0 Å². The molecule has 0 amide bonds. The first-order chi connectivity index (χ1) is 12.0. The van der Waals surface area contributed by atoms with Crippen LogP contribution in [0.15, 0.2) is 24.3 Å². The molecule has 5 nitrogen and oxygen atoms in total. The van der Waals surface area contributed by atoms with Gasteiger partial charge in [-0.15, -0.1) is 0 Å². The molecule has 1 aliphatic rings. The van der Waals surface area contributed by atoms with Gasteiger partial charge in [-0.2, -0.15) is 0 Å². The first-order valence-electron chi connectivity index (χ1n) is 7.86. The summed E-state index contributed by atoms with van der Waals surface area (Å²) < 4.78 is 10.3. The lowest BCUT2D eigenvalue weighted by atomic mass is 9.74. The summed E-state index contributed by atoms with van der Waals surface area (Å²) in [6, 6.07) is 7.93. The number of halogens is 2. The van der Waals surface area contributed by atoms with Crippen molar-refractivity contribution in [1.29, 1.82) is 0 Å². The molecule has 134 valence electrons. The number of methoxy groups -OCH3 is 1. The number of hydrogen-bond donors (Lipinski definition) is 1. The van der Waals surface area contributed by atoms with E-state index in [2.05, 4.69) is 22.4 Å². The molecule has 1 N–H and O–H groups in total. The van der Waals surface area contributed by atoms with Gasteiger partial charge >= 0.3 is 5.97 Å². The molecule has 2 heterocycles. The molecule has 3 rings (SSSR count). The fourth-order valence-corrected chi connectivity index (χ4v) is 4.20. The Morgan fingerprint density at radius 2 is 2.00 bits per heavy atom. The molecule has 0 unspecified atom stereocenters. The highest BCUT2D eigenvalue weighted by Crippen LogP contribution is 2.36. The average Bonchev–Trinajstić information content (AvgIpc) is 3.01. The first-order valence-corrected chi connectivity index (χ1v) is 9.44. The SMILES string of the molecule is COC(=O)c1sc(NCC2(c3ccc(Cl)cc3)CCOCC2)nc1Cl. The molecule has 8 heteroatoms. The van der Waals surface area contributed by atoms with Gasteiger partial charge in [-0.3, -0.25) is 0 Å². The van der Waals surface area contributed by atoms with Gasteiger partial charge in [0.15, 0.2) is 15.2 Å². The molecular weight excluding hydrogens is 383 g/mol. The van der Waals surface area contributed by atoms with E-state index in [0.29, 0.717) is 34.8 Å². The summed E-state index contributed by atoms with van der Waals surface area (Å²) >= 11 is 13.3. The Bertz CT molecular complexity index is 743. The van der Waals surface area contributed by atoms with Gasteiger partial charge in [0, 0.05) is 30.2 Å². The van der Waals surface area contributed by atoms with E-state index in [4.69, 9.17) is 32.7 Å². The van der Waals surface area contributed by atoms with E-state index in [1.165, 1.54) is 24.0 Å². The number of esters is 1. The smallest absolute Gasteiger partial charge is 0.351 e. The molecule has 1 saturated heterocycles. The zero-order chi connectivity index (χ0) is 17.9. The fraction of sp³-hybridized carbons (Fsp3) is 0.412. The number of rotatable bonds is 5. The van der Waals surface area contributed by atoms with Crippen molar-refractivity contribution in [3.05, 3.63) is 44.9 Å². The number of nitrogens with zero attached hydrogens (tertiary/aromatic N) is 1. The predicted molar refractivity (Wildman–Crippen MR) is 100 cm³/mol. The minimum atomic E-state index is -0.478. The van der Waals surface area contributed by atoms with Crippen LogP contribution in [0.25, 0.3) is 0 Å². The number of anilines is 1. The zero-order valence-corrected chi connectivity index (χ0v) is 16.0. The number of benzene rings is 1. The van der Waals surface area contributed by atoms with E-state index in [1.54, 1.807) is 0 Å². The minimum absolute atomic E-state index is 0.0770. The van der Waals surface area contributed by atoms with E-state index in [9.17, 15) is 4.79 Å². The Morgan fingerprint density at radius 3 is 2.64 bits per heavy atom. The van der Waals surface area contributed by atoms with Crippen molar-refractivity contribution in [1.82, 2.24) is 4.98 Å². The van der Waals surface area contributed by atoms with Gasteiger partial charge < -0.3 is 14.8 Å². The number of carbonyl (C=O) groups excluding carboxylic acids is 1. The Balaban J connectivity index is 1.80. The molecule has 0 spiro atoms. The second kappa shape index (κ2) is 7.91. The number of thiazole rings is 1. The van der Waals surface area contributed by atoms with Gasteiger partial charge in [-0.1, -0.05) is 46.7 Å². The molecule has 25 heavy (non-hydrogen) atoms. The summed E-state index contributed by atoms with van der Waals surface area (Å²) in [5.74, 6) is -0.478. The summed E-state index contributed by atoms with van der Waals surface area (Å²) in [4.78, 5) is 16.2. The number of carbonyl (C=O) groups is 1. The molecule has 1 aliphatic heterocycles. The van der Waals surface area contributed by atoms with Crippen LogP contribution in [-0.4, -0.2) is 37.8 Å². The minimum Gasteiger partial charge on any atom is -0.465 e. The number of nitrogens with one attached hydrogen (secondary N) is 1. The summed E-state index contributed by atoms with van der Waals surface area (Å²) in [6.45, 7) is 2.08. The topological polar surface area (TPSA) is 60.5 Å². The van der Waals surface area contributed by atoms with Crippen LogP contribution in [0.4, 0.5) is 5.13 Å². The Morgan fingerprint density at radius 1 is 1.32 bits per heavy atom. The van der Waals surface area contributed by atoms with E-state index < -0.39 is 5.97 Å². The molecular formula is C17H18Cl2N2O3S. The summed E-state index contributed by atoms with van der Waals surface area (Å²) in [5, 5.41) is 4.81. The van der Waals surface area contributed by atoms with Crippen molar-refractivity contribution in [2.45, 2.75) is 18.3 Å². The maximum atomic E-state index is 11.7. The van der Waals surface area contributed by atoms with Gasteiger partial charge in [0.1, 0.15) is 0 Å². The molecule has 1 aromatic carbocycles. The van der Waals surface area contributed by atoms with E-state index >= 15 is 0 Å². The lowest BCUT2D eigenvalue weighted by molar-refractivity contribution is 0.0544. The quantitative estimate of drug-likeness (QED) is 0.753.